The van der Waals surface area contributed by atoms with Gasteiger partial charge in [-0.05, 0) is 54.8 Å². The number of hydrogen-bond acceptors (Lipinski definition) is 3. The molecule has 3 rings (SSSR count). The van der Waals surface area contributed by atoms with Gasteiger partial charge in [0, 0.05) is 36.7 Å². The second-order valence-electron chi connectivity index (χ2n) is 7.00. The highest BCUT2D eigenvalue weighted by Crippen LogP contribution is 2.19. The van der Waals surface area contributed by atoms with Gasteiger partial charge in [0.1, 0.15) is 18.1 Å². The first-order valence-electron chi connectivity index (χ1n) is 10.3. The van der Waals surface area contributed by atoms with Crippen molar-refractivity contribution in [1.82, 2.24) is 20.9 Å². The molecule has 0 aliphatic rings. The van der Waals surface area contributed by atoms with Crippen LogP contribution in [0.25, 0.3) is 10.9 Å². The number of methoxy groups -OCH3 is 1. The van der Waals surface area contributed by atoms with E-state index in [4.69, 9.17) is 4.74 Å². The molecular formula is C23H29FIN5O2. The monoisotopic (exact) mass is 553 g/mol. The predicted octanol–water partition coefficient (Wildman–Crippen LogP) is 3.35. The summed E-state index contributed by atoms with van der Waals surface area (Å²) < 4.78 is 18.5. The van der Waals surface area contributed by atoms with Crippen LogP contribution in [0.15, 0.2) is 53.7 Å². The zero-order valence-electron chi connectivity index (χ0n) is 18.2. The minimum atomic E-state index is -0.258. The first kappa shape index (κ1) is 25.4. The van der Waals surface area contributed by atoms with Crippen LogP contribution in [-0.4, -0.2) is 43.6 Å². The third-order valence-electron chi connectivity index (χ3n) is 4.79. The minimum Gasteiger partial charge on any atom is -0.497 e. The molecule has 2 aromatic carbocycles. The molecule has 0 fully saturated rings. The van der Waals surface area contributed by atoms with Crippen molar-refractivity contribution in [2.45, 2.75) is 19.9 Å². The number of fused-ring (bicyclic) bond motifs is 1. The molecule has 0 bridgehead atoms. The second-order valence-corrected chi connectivity index (χ2v) is 7.00. The van der Waals surface area contributed by atoms with Gasteiger partial charge in [-0.2, -0.15) is 0 Å². The number of aromatic amines is 1. The molecule has 0 saturated carbocycles. The largest absolute Gasteiger partial charge is 0.497 e. The van der Waals surface area contributed by atoms with E-state index in [1.165, 1.54) is 12.1 Å². The van der Waals surface area contributed by atoms with Crippen molar-refractivity contribution in [3.8, 4) is 5.75 Å². The minimum absolute atomic E-state index is 0. The Kier molecular flexibility index (Phi) is 10.3. The van der Waals surface area contributed by atoms with Crippen LogP contribution < -0.4 is 20.7 Å². The number of rotatable bonds is 9. The normalized spacial score (nSPS) is 11.0. The topological polar surface area (TPSA) is 90.5 Å². The summed E-state index contributed by atoms with van der Waals surface area (Å²) in [6.45, 7) is 3.74. The number of H-pyrrole nitrogens is 1. The van der Waals surface area contributed by atoms with E-state index >= 15 is 0 Å². The number of carbonyl (C=O) groups is 1. The Labute approximate surface area is 204 Å². The summed E-state index contributed by atoms with van der Waals surface area (Å²) in [5.41, 5.74) is 2.86. The number of ether oxygens (including phenoxy) is 1. The number of nitrogens with zero attached hydrogens (tertiary/aromatic N) is 1. The van der Waals surface area contributed by atoms with Crippen molar-refractivity contribution in [2.24, 2.45) is 4.99 Å². The summed E-state index contributed by atoms with van der Waals surface area (Å²) in [5, 5.41) is 10.2. The number of benzene rings is 2. The van der Waals surface area contributed by atoms with Gasteiger partial charge in [0.2, 0.25) is 5.91 Å². The fraction of sp³-hybridized carbons (Fsp3) is 0.304. The number of hydrogen-bond donors (Lipinski definition) is 4. The number of aliphatic imine (C=N–C) groups is 1. The first-order chi connectivity index (χ1) is 15.1. The molecule has 7 nitrogen and oxygen atoms in total. The van der Waals surface area contributed by atoms with Crippen LogP contribution in [0.1, 0.15) is 18.1 Å². The van der Waals surface area contributed by atoms with E-state index in [0.717, 1.165) is 34.2 Å². The molecule has 172 valence electrons. The number of amides is 1. The predicted molar refractivity (Wildman–Crippen MR) is 136 cm³/mol. The van der Waals surface area contributed by atoms with Crippen LogP contribution in [0.5, 0.6) is 5.75 Å². The molecule has 0 aliphatic heterocycles. The Balaban J connectivity index is 0.00000363. The third-order valence-corrected chi connectivity index (χ3v) is 4.79. The number of carbonyl (C=O) groups excluding carboxylic acids is 1. The smallest absolute Gasteiger partial charge is 0.242 e. The highest BCUT2D eigenvalue weighted by molar-refractivity contribution is 14.0. The molecular weight excluding hydrogens is 524 g/mol. The molecule has 4 N–H and O–H groups in total. The van der Waals surface area contributed by atoms with Crippen molar-refractivity contribution in [3.63, 3.8) is 0 Å². The Morgan fingerprint density at radius 2 is 1.91 bits per heavy atom. The quantitative estimate of drug-likeness (QED) is 0.186. The van der Waals surface area contributed by atoms with Crippen LogP contribution in [0.4, 0.5) is 4.39 Å². The van der Waals surface area contributed by atoms with Crippen LogP contribution in [0, 0.1) is 5.82 Å². The standard InChI is InChI=1S/C23H28FN5O2.HI/c1-3-25-23(26-11-10-17-14-27-21-12-18(24)6-9-20(17)21)29-15-22(30)28-13-16-4-7-19(31-2)8-5-16;/h4-9,12,14,27H,3,10-11,13,15H2,1-2H3,(H,28,30)(H2,25,26,29);1H. The Morgan fingerprint density at radius 3 is 2.62 bits per heavy atom. The number of aromatic nitrogens is 1. The van der Waals surface area contributed by atoms with Gasteiger partial charge < -0.3 is 25.7 Å². The van der Waals surface area contributed by atoms with E-state index in [1.807, 2.05) is 37.4 Å². The van der Waals surface area contributed by atoms with Crippen LogP contribution >= 0.6 is 24.0 Å². The summed E-state index contributed by atoms with van der Waals surface area (Å²) in [6, 6.07) is 12.3. The summed E-state index contributed by atoms with van der Waals surface area (Å²) in [7, 11) is 1.62. The molecule has 0 radical (unpaired) electrons. The van der Waals surface area contributed by atoms with Gasteiger partial charge in [0.15, 0.2) is 5.96 Å². The maximum Gasteiger partial charge on any atom is 0.242 e. The Bertz CT molecular complexity index is 1040. The lowest BCUT2D eigenvalue weighted by molar-refractivity contribution is -0.119. The van der Waals surface area contributed by atoms with Crippen LogP contribution in [0.2, 0.25) is 0 Å². The van der Waals surface area contributed by atoms with Gasteiger partial charge in [-0.3, -0.25) is 4.79 Å². The lowest BCUT2D eigenvalue weighted by atomic mass is 10.1. The molecule has 0 aliphatic carbocycles. The van der Waals surface area contributed by atoms with E-state index < -0.39 is 0 Å². The lowest BCUT2D eigenvalue weighted by Gasteiger charge is -2.11. The summed E-state index contributed by atoms with van der Waals surface area (Å²) in [6.07, 6.45) is 2.63. The van der Waals surface area contributed by atoms with E-state index in [2.05, 4.69) is 25.9 Å². The van der Waals surface area contributed by atoms with E-state index in [0.29, 0.717) is 25.6 Å². The van der Waals surface area contributed by atoms with Gasteiger partial charge >= 0.3 is 0 Å². The molecule has 1 amide bonds. The van der Waals surface area contributed by atoms with Gasteiger partial charge in [0.25, 0.3) is 0 Å². The van der Waals surface area contributed by atoms with Crippen molar-refractivity contribution >= 4 is 46.7 Å². The third kappa shape index (κ3) is 7.40. The average Bonchev–Trinajstić information content (AvgIpc) is 3.18. The van der Waals surface area contributed by atoms with Gasteiger partial charge in [-0.15, -0.1) is 24.0 Å². The zero-order valence-corrected chi connectivity index (χ0v) is 20.5. The molecule has 0 spiro atoms. The molecule has 1 heterocycles. The fourth-order valence-electron chi connectivity index (χ4n) is 3.17. The molecule has 3 aromatic rings. The van der Waals surface area contributed by atoms with Crippen molar-refractivity contribution in [3.05, 3.63) is 65.6 Å². The van der Waals surface area contributed by atoms with Gasteiger partial charge in [-0.25, -0.2) is 9.38 Å². The molecule has 1 aromatic heterocycles. The molecule has 0 saturated heterocycles. The first-order valence-corrected chi connectivity index (χ1v) is 10.3. The molecule has 0 unspecified atom stereocenters. The van der Waals surface area contributed by atoms with E-state index in [1.54, 1.807) is 13.2 Å². The van der Waals surface area contributed by atoms with Crippen LogP contribution in [0.3, 0.4) is 0 Å². The van der Waals surface area contributed by atoms with Gasteiger partial charge in [0.05, 0.1) is 7.11 Å². The van der Waals surface area contributed by atoms with Crippen molar-refractivity contribution in [1.29, 1.82) is 0 Å². The maximum absolute atomic E-state index is 13.3. The summed E-state index contributed by atoms with van der Waals surface area (Å²) >= 11 is 0. The number of guanidine groups is 1. The number of nitrogens with one attached hydrogen (secondary N) is 4. The highest BCUT2D eigenvalue weighted by atomic mass is 127. The molecule has 9 heteroatoms. The molecule has 0 atom stereocenters. The van der Waals surface area contributed by atoms with Crippen LogP contribution in [-0.2, 0) is 17.8 Å². The number of halogens is 2. The molecule has 32 heavy (non-hydrogen) atoms. The lowest BCUT2D eigenvalue weighted by Crippen LogP contribution is -2.39. The highest BCUT2D eigenvalue weighted by Gasteiger charge is 2.06. The second kappa shape index (κ2) is 12.9. The summed E-state index contributed by atoms with van der Waals surface area (Å²) in [4.78, 5) is 19.6. The average molecular weight is 553 g/mol. The zero-order chi connectivity index (χ0) is 22.1. The Hall–Kier alpha value is -2.82. The maximum atomic E-state index is 13.3. The van der Waals surface area contributed by atoms with Crippen molar-refractivity contribution in [2.75, 3.05) is 26.7 Å². The fourth-order valence-corrected chi connectivity index (χ4v) is 3.17. The van der Waals surface area contributed by atoms with E-state index in [9.17, 15) is 9.18 Å². The SMILES string of the molecule is CCNC(=NCC(=O)NCc1ccc(OC)cc1)NCCc1c[nH]c2cc(F)ccc12.I. The Morgan fingerprint density at radius 1 is 1.12 bits per heavy atom. The van der Waals surface area contributed by atoms with E-state index in [-0.39, 0.29) is 42.2 Å². The summed E-state index contributed by atoms with van der Waals surface area (Å²) in [5.74, 6) is 0.936. The van der Waals surface area contributed by atoms with Gasteiger partial charge in [-0.1, -0.05) is 12.1 Å². The van der Waals surface area contributed by atoms with Crippen molar-refractivity contribution < 1.29 is 13.9 Å².